The monoisotopic (exact) mass is 1100 g/mol. The molecule has 0 saturated carbocycles. The molecule has 0 amide bonds. The number of fused-ring (bicyclic) bond motifs is 16. The molecule has 0 bridgehead atoms. The van der Waals surface area contributed by atoms with Gasteiger partial charge in [-0.1, -0.05) is 137 Å². The molecule has 0 radical (unpaired) electrons. The summed E-state index contributed by atoms with van der Waals surface area (Å²) >= 11 is 3.57. The van der Waals surface area contributed by atoms with Crippen LogP contribution in [0.3, 0.4) is 0 Å². The maximum absolute atomic E-state index is 6.16. The number of para-hydroxylation sites is 8. The zero-order valence-electron chi connectivity index (χ0n) is 44.4. The van der Waals surface area contributed by atoms with Crippen molar-refractivity contribution in [3.63, 3.8) is 0 Å². The van der Waals surface area contributed by atoms with E-state index in [1.54, 1.807) is 0 Å². The van der Waals surface area contributed by atoms with Gasteiger partial charge in [-0.2, -0.15) is 0 Å². The van der Waals surface area contributed by atoms with Crippen molar-refractivity contribution in [2.75, 3.05) is 0 Å². The predicted molar refractivity (Wildman–Crippen MR) is 333 cm³/mol. The topological polar surface area (TPSA) is 94.5 Å². The van der Waals surface area contributed by atoms with Crippen LogP contribution in [-0.4, -0.2) is 56.2 Å². The van der Waals surface area contributed by atoms with E-state index in [0.29, 0.717) is 0 Å². The van der Waals surface area contributed by atoms with Gasteiger partial charge < -0.3 is 19.3 Å². The van der Waals surface area contributed by atoms with Crippen molar-refractivity contribution in [1.82, 2.24) is 37.9 Å². The van der Waals surface area contributed by atoms with Crippen LogP contribution in [0.2, 0.25) is 0 Å². The Hall–Kier alpha value is -9.20. The molecule has 1 saturated heterocycles. The van der Waals surface area contributed by atoms with Gasteiger partial charge in [-0.05, 0) is 153 Å². The summed E-state index contributed by atoms with van der Waals surface area (Å²) in [7, 11) is -0.317. The molecule has 1 aliphatic heterocycles. The van der Waals surface area contributed by atoms with Crippen molar-refractivity contribution in [3.8, 4) is 22.5 Å². The van der Waals surface area contributed by atoms with Crippen molar-refractivity contribution in [3.05, 3.63) is 235 Å². The molecule has 6 aromatic heterocycles. The Balaban J connectivity index is 0.000000108. The van der Waals surface area contributed by atoms with Gasteiger partial charge in [-0.15, -0.1) is 0 Å². The average molecular weight is 1100 g/mol. The van der Waals surface area contributed by atoms with Gasteiger partial charge in [0.05, 0.1) is 55.3 Å². The van der Waals surface area contributed by atoms with Crippen molar-refractivity contribution in [1.29, 1.82) is 0 Å². The number of hydrogen-bond donors (Lipinski definition) is 2. The number of nitrogens with one attached hydrogen (secondary N) is 2. The summed E-state index contributed by atoms with van der Waals surface area (Å²) in [6.07, 6.45) is 0. The average Bonchev–Trinajstić information content (AvgIpc) is 4.20. The fourth-order valence-corrected chi connectivity index (χ4v) is 12.0. The van der Waals surface area contributed by atoms with Gasteiger partial charge in [-0.25, -0.2) is 9.97 Å². The van der Waals surface area contributed by atoms with Crippen LogP contribution in [-0.2, 0) is 9.31 Å². The number of rotatable bonds is 4. The van der Waals surface area contributed by atoms with Crippen LogP contribution in [0.5, 0.6) is 0 Å². The molecule has 80 heavy (non-hydrogen) atoms. The Kier molecular flexibility index (Phi) is 11.1. The van der Waals surface area contributed by atoms with Crippen LogP contribution in [0.25, 0.3) is 122 Å². The van der Waals surface area contributed by atoms with Gasteiger partial charge in [0.15, 0.2) is 0 Å². The van der Waals surface area contributed by atoms with Crippen LogP contribution in [0.15, 0.2) is 235 Å². The highest BCUT2D eigenvalue weighted by Gasteiger charge is 2.51. The molecule has 7 heterocycles. The number of halogens is 1. The Labute approximate surface area is 468 Å². The van der Waals surface area contributed by atoms with Gasteiger partial charge in [0.2, 0.25) is 11.6 Å². The lowest BCUT2D eigenvalue weighted by atomic mass is 9.78. The normalized spacial score (nSPS) is 14.1. The number of aromatic nitrogens is 8. The number of H-pyrrole nitrogens is 2. The van der Waals surface area contributed by atoms with Gasteiger partial charge >= 0.3 is 7.12 Å². The first-order valence-corrected chi connectivity index (χ1v) is 27.8. The molecule has 12 heteroatoms. The zero-order chi connectivity index (χ0) is 53.9. The quantitative estimate of drug-likeness (QED) is 0.172. The Morgan fingerprint density at radius 1 is 0.388 bits per heavy atom. The molecule has 0 spiro atoms. The van der Waals surface area contributed by atoms with E-state index in [4.69, 9.17) is 19.3 Å². The first kappa shape index (κ1) is 48.0. The largest absolute Gasteiger partial charge is 0.494 e. The molecular formula is C68H52BBrN8O2. The second kappa shape index (κ2) is 18.5. The molecule has 0 atom stereocenters. The first-order valence-electron chi connectivity index (χ1n) is 27.0. The molecule has 1 fully saturated rings. The fraction of sp³-hybridized carbons (Fsp3) is 0.0882. The summed E-state index contributed by atoms with van der Waals surface area (Å²) in [5, 5.41) is 4.94. The van der Waals surface area contributed by atoms with Crippen LogP contribution in [0, 0.1) is 0 Å². The number of aromatic amines is 2. The lowest BCUT2D eigenvalue weighted by molar-refractivity contribution is 0.00578. The second-order valence-corrected chi connectivity index (χ2v) is 22.6. The van der Waals surface area contributed by atoms with E-state index in [-0.39, 0.29) is 18.3 Å². The molecule has 1 aliphatic rings. The third-order valence-electron chi connectivity index (χ3n) is 16.3. The van der Waals surface area contributed by atoms with Crippen LogP contribution in [0.1, 0.15) is 27.7 Å². The SMILES string of the molecule is Brc1ccc2nc3n(-c4ccccc4)c4ccccc4n3c2c1.CC1(C)OB(c2ccc3[nH]c4ccccc4c3c2)OC1(C)C.c1ccc(-n2c3ccccc3n3c4cc(-c5ccc6[nH]c7ccccc7c6c5)ccc4nc23)cc1. The van der Waals surface area contributed by atoms with Crippen molar-refractivity contribution >= 4 is 128 Å². The van der Waals surface area contributed by atoms with E-state index in [9.17, 15) is 0 Å². The lowest BCUT2D eigenvalue weighted by Crippen LogP contribution is -2.41. The van der Waals surface area contributed by atoms with Crippen LogP contribution >= 0.6 is 15.9 Å². The molecule has 0 unspecified atom stereocenters. The van der Waals surface area contributed by atoms with E-state index in [2.05, 4.69) is 278 Å². The minimum atomic E-state index is -0.317. The zero-order valence-corrected chi connectivity index (χ0v) is 46.0. The van der Waals surface area contributed by atoms with E-state index in [1.807, 2.05) is 24.3 Å². The van der Waals surface area contributed by atoms with Crippen LogP contribution < -0.4 is 5.46 Å². The molecule has 386 valence electrons. The van der Waals surface area contributed by atoms with Gasteiger partial charge in [0.25, 0.3) is 0 Å². The number of benzene rings is 10. The van der Waals surface area contributed by atoms with Crippen molar-refractivity contribution in [2.24, 2.45) is 0 Å². The Morgan fingerprint density at radius 2 is 0.812 bits per heavy atom. The molecule has 0 aliphatic carbocycles. The lowest BCUT2D eigenvalue weighted by Gasteiger charge is -2.32. The third kappa shape index (κ3) is 7.77. The predicted octanol–water partition coefficient (Wildman–Crippen LogP) is 16.5. The van der Waals surface area contributed by atoms with Crippen LogP contribution in [0.4, 0.5) is 0 Å². The number of imidazole rings is 4. The van der Waals surface area contributed by atoms with Gasteiger partial charge in [-0.3, -0.25) is 17.9 Å². The minimum Gasteiger partial charge on any atom is -0.399 e. The summed E-state index contributed by atoms with van der Waals surface area (Å²) < 4.78 is 22.3. The summed E-state index contributed by atoms with van der Waals surface area (Å²) in [5.41, 5.74) is 18.5. The van der Waals surface area contributed by atoms with Gasteiger partial charge in [0.1, 0.15) is 0 Å². The minimum absolute atomic E-state index is 0.313. The molecule has 10 nitrogen and oxygen atoms in total. The maximum atomic E-state index is 6.16. The smallest absolute Gasteiger partial charge is 0.399 e. The van der Waals surface area contributed by atoms with E-state index in [0.717, 1.165) is 93.5 Å². The molecule has 17 rings (SSSR count). The highest BCUT2D eigenvalue weighted by Crippen LogP contribution is 2.38. The summed E-state index contributed by atoms with van der Waals surface area (Å²) in [4.78, 5) is 16.9. The standard InChI is InChI=1S/C31H20N4.C19H12BrN3.C18H20BNO2/c1-2-8-22(9-3-1)34-28-12-6-7-13-29(28)35-30-19-21(15-17-27(30)33-31(34)35)20-14-16-26-24(18-20)23-10-4-5-11-25(23)32-26;20-13-10-11-15-18(12-13)23-17-9-5-4-8-16(17)22(19(23)21-15)14-6-2-1-3-7-14;1-17(2)18(3,4)22-19(21-17)12-9-10-16-14(11-12)13-7-5-6-8-15(13)20-16/h1-19,32H;1-12H;5-11,20H,1-4H3. The maximum Gasteiger partial charge on any atom is 0.494 e. The van der Waals surface area contributed by atoms with Crippen molar-refractivity contribution < 1.29 is 9.31 Å². The van der Waals surface area contributed by atoms with E-state index >= 15 is 0 Å². The van der Waals surface area contributed by atoms with E-state index in [1.165, 1.54) is 38.2 Å². The summed E-state index contributed by atoms with van der Waals surface area (Å²) in [6.45, 7) is 8.32. The first-order chi connectivity index (χ1) is 39.0. The highest BCUT2D eigenvalue weighted by molar-refractivity contribution is 9.10. The second-order valence-electron chi connectivity index (χ2n) is 21.6. The highest BCUT2D eigenvalue weighted by atomic mass is 79.9. The summed E-state index contributed by atoms with van der Waals surface area (Å²) in [5.74, 6) is 1.86. The molecule has 2 N–H and O–H groups in total. The summed E-state index contributed by atoms with van der Waals surface area (Å²) in [6, 6.07) is 80.4. The Morgan fingerprint density at radius 3 is 1.38 bits per heavy atom. The van der Waals surface area contributed by atoms with Crippen molar-refractivity contribution in [2.45, 2.75) is 38.9 Å². The van der Waals surface area contributed by atoms with E-state index < -0.39 is 0 Å². The Bertz CT molecular complexity index is 5050. The fourth-order valence-electron chi connectivity index (χ4n) is 11.6. The number of nitrogens with zero attached hydrogens (tertiary/aromatic N) is 6. The molecule has 10 aromatic carbocycles. The third-order valence-corrected chi connectivity index (χ3v) is 16.8. The van der Waals surface area contributed by atoms with Gasteiger partial charge in [0, 0.05) is 59.5 Å². The molecular weight excluding hydrogens is 1050 g/mol. The molecule has 16 aromatic rings. The number of hydrogen-bond acceptors (Lipinski definition) is 4.